The molecule has 9 nitrogen and oxygen atoms in total. The number of rotatable bonds is 11. The van der Waals surface area contributed by atoms with Gasteiger partial charge in [-0.3, -0.25) is 19.9 Å². The zero-order chi connectivity index (χ0) is 31.1. The van der Waals surface area contributed by atoms with Gasteiger partial charge in [-0.05, 0) is 82.9 Å². The number of benzene rings is 3. The lowest BCUT2D eigenvalue weighted by Crippen LogP contribution is -2.07. The highest BCUT2D eigenvalue weighted by atomic mass is 32.2. The van der Waals surface area contributed by atoms with Crippen LogP contribution in [-0.2, 0) is 20.9 Å². The number of nitro groups is 1. The molecule has 0 aliphatic rings. The number of non-ortho nitro benzene ring substituents is 1. The summed E-state index contributed by atoms with van der Waals surface area (Å²) in [5.74, 6) is -0.754. The fourth-order valence-electron chi connectivity index (χ4n) is 4.56. The number of esters is 2. The summed E-state index contributed by atoms with van der Waals surface area (Å²) in [6, 6.07) is 22.8. The van der Waals surface area contributed by atoms with Gasteiger partial charge >= 0.3 is 11.9 Å². The summed E-state index contributed by atoms with van der Waals surface area (Å²) in [6.07, 6.45) is 3.23. The van der Waals surface area contributed by atoms with Crippen LogP contribution in [0.1, 0.15) is 22.8 Å². The van der Waals surface area contributed by atoms with Gasteiger partial charge in [0.2, 0.25) is 0 Å². The molecule has 0 saturated heterocycles. The number of ether oxygens (including phenoxy) is 2. The van der Waals surface area contributed by atoms with Crippen molar-refractivity contribution in [2.24, 2.45) is 0 Å². The Kier molecular flexibility index (Phi) is 9.46. The Morgan fingerprint density at radius 1 is 0.864 bits per heavy atom. The number of hydrogen-bond donors (Lipinski definition) is 1. The Balaban J connectivity index is 1.55. The van der Waals surface area contributed by atoms with E-state index in [0.717, 1.165) is 4.90 Å². The molecule has 0 unspecified atom stereocenters. The van der Waals surface area contributed by atoms with Crippen LogP contribution in [-0.4, -0.2) is 39.2 Å². The third-order valence-corrected chi connectivity index (χ3v) is 7.60. The van der Waals surface area contributed by atoms with E-state index < -0.39 is 16.7 Å². The van der Waals surface area contributed by atoms with Gasteiger partial charge in [0.1, 0.15) is 19.0 Å². The van der Waals surface area contributed by atoms with Crippen molar-refractivity contribution in [3.8, 4) is 33.6 Å². The van der Waals surface area contributed by atoms with E-state index in [4.69, 9.17) is 9.47 Å². The number of thioether (sulfide) groups is 1. The first-order valence-electron chi connectivity index (χ1n) is 13.5. The first kappa shape index (κ1) is 30.2. The summed E-state index contributed by atoms with van der Waals surface area (Å²) in [4.78, 5) is 43.9. The summed E-state index contributed by atoms with van der Waals surface area (Å²) >= 11 is 1.53. The van der Waals surface area contributed by atoms with Gasteiger partial charge in [0.25, 0.3) is 5.69 Å². The number of nitrogens with one attached hydrogen (secondary N) is 1. The van der Waals surface area contributed by atoms with Crippen molar-refractivity contribution in [2.45, 2.75) is 18.4 Å². The Labute approximate surface area is 256 Å². The fraction of sp³-hybridized carbons (Fsp3) is 0.121. The maximum atomic E-state index is 13.9. The SMILES string of the molecule is CC(=O)OCCSc1ccc(-c2[nH]c(-c3ccc(F)cc3)c(-c3ccncc3)c2C(=O)OCc2ccc([N+](=O)[O-])cc2)cc1. The average Bonchev–Trinajstić information content (AvgIpc) is 3.44. The fourth-order valence-corrected chi connectivity index (χ4v) is 5.29. The third kappa shape index (κ3) is 7.19. The van der Waals surface area contributed by atoms with Gasteiger partial charge in [0.15, 0.2) is 0 Å². The van der Waals surface area contributed by atoms with Gasteiger partial charge in [-0.2, -0.15) is 0 Å². The maximum absolute atomic E-state index is 13.9. The first-order chi connectivity index (χ1) is 21.3. The average molecular weight is 612 g/mol. The lowest BCUT2D eigenvalue weighted by atomic mass is 9.96. The largest absolute Gasteiger partial charge is 0.465 e. The minimum atomic E-state index is -0.616. The number of carbonyl (C=O) groups is 2. The number of H-pyrrole nitrogens is 1. The monoisotopic (exact) mass is 611 g/mol. The van der Waals surface area contributed by atoms with Crippen LogP contribution in [0.4, 0.5) is 10.1 Å². The molecule has 3 aromatic carbocycles. The van der Waals surface area contributed by atoms with Crippen LogP contribution in [0.3, 0.4) is 0 Å². The molecule has 5 rings (SSSR count). The molecule has 0 aliphatic heterocycles. The van der Waals surface area contributed by atoms with E-state index in [1.165, 1.54) is 55.1 Å². The van der Waals surface area contributed by atoms with E-state index in [1.54, 1.807) is 36.7 Å². The van der Waals surface area contributed by atoms with Gasteiger partial charge < -0.3 is 14.5 Å². The Bertz CT molecular complexity index is 1770. The normalized spacial score (nSPS) is 10.8. The summed E-state index contributed by atoms with van der Waals surface area (Å²) in [7, 11) is 0. The van der Waals surface area contributed by atoms with Crippen molar-refractivity contribution < 1.29 is 28.4 Å². The zero-order valence-electron chi connectivity index (χ0n) is 23.5. The number of nitro benzene ring substituents is 1. The second kappa shape index (κ2) is 13.8. The predicted octanol–water partition coefficient (Wildman–Crippen LogP) is 7.47. The highest BCUT2D eigenvalue weighted by Gasteiger charge is 2.27. The number of carbonyl (C=O) groups excluding carboxylic acids is 2. The lowest BCUT2D eigenvalue weighted by molar-refractivity contribution is -0.384. The van der Waals surface area contributed by atoms with Crippen molar-refractivity contribution in [3.63, 3.8) is 0 Å². The summed E-state index contributed by atoms with van der Waals surface area (Å²) in [5.41, 5.74) is 4.50. The molecule has 5 aromatic rings. The minimum Gasteiger partial charge on any atom is -0.465 e. The number of nitrogens with zero attached hydrogens (tertiary/aromatic N) is 2. The number of hydrogen-bond acceptors (Lipinski definition) is 8. The first-order valence-corrected chi connectivity index (χ1v) is 14.5. The third-order valence-electron chi connectivity index (χ3n) is 6.62. The Morgan fingerprint density at radius 2 is 1.50 bits per heavy atom. The molecule has 44 heavy (non-hydrogen) atoms. The Morgan fingerprint density at radius 3 is 2.14 bits per heavy atom. The van der Waals surface area contributed by atoms with Gasteiger partial charge in [-0.1, -0.05) is 12.1 Å². The molecule has 0 aliphatic carbocycles. The second-order valence-corrected chi connectivity index (χ2v) is 10.7. The summed E-state index contributed by atoms with van der Waals surface area (Å²) in [6.45, 7) is 1.55. The van der Waals surface area contributed by atoms with Gasteiger partial charge in [0, 0.05) is 47.7 Å². The molecular formula is C33H26FN3O6S. The zero-order valence-corrected chi connectivity index (χ0v) is 24.3. The van der Waals surface area contributed by atoms with Crippen LogP contribution in [0.5, 0.6) is 0 Å². The van der Waals surface area contributed by atoms with E-state index in [0.29, 0.717) is 51.6 Å². The molecule has 2 aromatic heterocycles. The van der Waals surface area contributed by atoms with E-state index in [2.05, 4.69) is 9.97 Å². The molecule has 0 spiro atoms. The highest BCUT2D eigenvalue weighted by Crippen LogP contribution is 2.41. The van der Waals surface area contributed by atoms with E-state index in [-0.39, 0.29) is 23.8 Å². The second-order valence-electron chi connectivity index (χ2n) is 9.58. The number of aromatic nitrogens is 2. The van der Waals surface area contributed by atoms with Crippen molar-refractivity contribution in [3.05, 3.63) is 124 Å². The van der Waals surface area contributed by atoms with Crippen LogP contribution in [0, 0.1) is 15.9 Å². The van der Waals surface area contributed by atoms with Crippen LogP contribution < -0.4 is 0 Å². The minimum absolute atomic E-state index is 0.0649. The van der Waals surface area contributed by atoms with Crippen molar-refractivity contribution in [1.82, 2.24) is 9.97 Å². The van der Waals surface area contributed by atoms with Crippen LogP contribution in [0.15, 0.2) is 102 Å². The molecule has 0 fully saturated rings. The standard InChI is InChI=1S/C33H26FN3O6S/c1-21(38)42-18-19-44-28-12-6-25(7-13-28)32-30(33(39)43-20-22-2-10-27(11-3-22)37(40)41)29(23-14-16-35-17-15-23)31(36-32)24-4-8-26(34)9-5-24/h2-17,36H,18-20H2,1H3. The van der Waals surface area contributed by atoms with Gasteiger partial charge in [-0.25, -0.2) is 9.18 Å². The molecule has 0 amide bonds. The van der Waals surface area contributed by atoms with Gasteiger partial charge in [0.05, 0.1) is 21.9 Å². The molecular weight excluding hydrogens is 585 g/mol. The van der Waals surface area contributed by atoms with Crippen molar-refractivity contribution in [1.29, 1.82) is 0 Å². The molecule has 222 valence electrons. The molecule has 0 saturated carbocycles. The predicted molar refractivity (Wildman–Crippen MR) is 164 cm³/mol. The molecule has 2 heterocycles. The highest BCUT2D eigenvalue weighted by molar-refractivity contribution is 7.99. The summed E-state index contributed by atoms with van der Waals surface area (Å²) < 4.78 is 24.6. The smallest absolute Gasteiger partial charge is 0.341 e. The molecule has 1 N–H and O–H groups in total. The van der Waals surface area contributed by atoms with E-state index in [1.807, 2.05) is 24.3 Å². The topological polar surface area (TPSA) is 124 Å². The summed E-state index contributed by atoms with van der Waals surface area (Å²) in [5, 5.41) is 11.0. The molecule has 11 heteroatoms. The van der Waals surface area contributed by atoms with Crippen molar-refractivity contribution in [2.75, 3.05) is 12.4 Å². The van der Waals surface area contributed by atoms with Crippen LogP contribution >= 0.6 is 11.8 Å². The van der Waals surface area contributed by atoms with Crippen molar-refractivity contribution >= 4 is 29.4 Å². The van der Waals surface area contributed by atoms with E-state index in [9.17, 15) is 24.1 Å². The molecule has 0 radical (unpaired) electrons. The van der Waals surface area contributed by atoms with E-state index >= 15 is 0 Å². The quantitative estimate of drug-likeness (QED) is 0.0536. The molecule has 0 bridgehead atoms. The Hall–Kier alpha value is -5.29. The maximum Gasteiger partial charge on any atom is 0.341 e. The van der Waals surface area contributed by atoms with Crippen LogP contribution in [0.2, 0.25) is 0 Å². The number of pyridine rings is 1. The lowest BCUT2D eigenvalue weighted by Gasteiger charge is -2.10. The number of aromatic amines is 1. The molecule has 0 atom stereocenters. The number of halogens is 1. The van der Waals surface area contributed by atoms with Crippen LogP contribution in [0.25, 0.3) is 33.6 Å². The van der Waals surface area contributed by atoms with Gasteiger partial charge in [-0.15, -0.1) is 11.8 Å².